The maximum absolute atomic E-state index is 12.7. The van der Waals surface area contributed by atoms with Crippen molar-refractivity contribution in [2.45, 2.75) is 6.04 Å². The molecule has 7 heteroatoms. The Morgan fingerprint density at radius 1 is 1.19 bits per heavy atom. The normalized spacial score (nSPS) is 13.6. The van der Waals surface area contributed by atoms with E-state index in [0.717, 1.165) is 17.1 Å². The Hall–Kier alpha value is -2.80. The minimum Gasteiger partial charge on any atom is -0.454 e. The first-order valence-electron chi connectivity index (χ1n) is 8.44. The number of nitrogens with one attached hydrogen (secondary N) is 1. The summed E-state index contributed by atoms with van der Waals surface area (Å²) in [6.45, 7) is 0.712. The van der Waals surface area contributed by atoms with Gasteiger partial charge in [0.1, 0.15) is 5.82 Å². The maximum atomic E-state index is 12.7. The van der Waals surface area contributed by atoms with Crippen LogP contribution in [0.1, 0.15) is 22.0 Å². The molecular formula is C19H24N4O3. The first-order valence-corrected chi connectivity index (χ1v) is 8.44. The second kappa shape index (κ2) is 7.61. The van der Waals surface area contributed by atoms with Crippen LogP contribution in [0.5, 0.6) is 11.5 Å². The van der Waals surface area contributed by atoms with Gasteiger partial charge < -0.3 is 24.6 Å². The smallest absolute Gasteiger partial charge is 0.255 e. The van der Waals surface area contributed by atoms with E-state index in [9.17, 15) is 4.79 Å². The van der Waals surface area contributed by atoms with Crippen LogP contribution < -0.4 is 19.7 Å². The molecule has 138 valence electrons. The first kappa shape index (κ1) is 18.0. The molecule has 0 saturated carbocycles. The summed E-state index contributed by atoms with van der Waals surface area (Å²) in [7, 11) is 7.70. The van der Waals surface area contributed by atoms with Crippen LogP contribution in [0.2, 0.25) is 0 Å². The van der Waals surface area contributed by atoms with E-state index in [0.29, 0.717) is 17.9 Å². The fourth-order valence-electron chi connectivity index (χ4n) is 2.93. The highest BCUT2D eigenvalue weighted by atomic mass is 16.7. The van der Waals surface area contributed by atoms with Crippen molar-refractivity contribution in [3.05, 3.63) is 47.7 Å². The fraction of sp³-hybridized carbons (Fsp3) is 0.368. The van der Waals surface area contributed by atoms with Crippen molar-refractivity contribution < 1.29 is 14.3 Å². The molecule has 1 aliphatic heterocycles. The number of carbonyl (C=O) groups is 1. The minimum absolute atomic E-state index is 0.00734. The number of ether oxygens (including phenoxy) is 2. The molecule has 2 aromatic rings. The molecule has 1 atom stereocenters. The fourth-order valence-corrected chi connectivity index (χ4v) is 2.93. The van der Waals surface area contributed by atoms with Crippen molar-refractivity contribution in [2.75, 3.05) is 46.4 Å². The Balaban J connectivity index is 1.75. The highest BCUT2D eigenvalue weighted by molar-refractivity contribution is 5.98. The first-order chi connectivity index (χ1) is 12.5. The number of amides is 1. The van der Waals surface area contributed by atoms with Gasteiger partial charge in [0.05, 0.1) is 11.6 Å². The quantitative estimate of drug-likeness (QED) is 0.853. The molecule has 1 aromatic heterocycles. The van der Waals surface area contributed by atoms with Gasteiger partial charge in [-0.25, -0.2) is 4.98 Å². The Labute approximate surface area is 153 Å². The lowest BCUT2D eigenvalue weighted by molar-refractivity contribution is 0.0942. The number of rotatable bonds is 6. The molecule has 3 rings (SSSR count). The number of nitrogens with zero attached hydrogens (tertiary/aromatic N) is 3. The molecule has 0 bridgehead atoms. The number of anilines is 1. The average Bonchev–Trinajstić information content (AvgIpc) is 3.09. The van der Waals surface area contributed by atoms with Crippen LogP contribution in [0.3, 0.4) is 0 Å². The van der Waals surface area contributed by atoms with E-state index in [2.05, 4.69) is 15.2 Å². The van der Waals surface area contributed by atoms with Crippen LogP contribution in [0.25, 0.3) is 0 Å². The summed E-state index contributed by atoms with van der Waals surface area (Å²) in [4.78, 5) is 20.9. The van der Waals surface area contributed by atoms with Gasteiger partial charge in [0.15, 0.2) is 11.5 Å². The Kier molecular flexibility index (Phi) is 5.27. The lowest BCUT2D eigenvalue weighted by atomic mass is 10.0. The van der Waals surface area contributed by atoms with E-state index >= 15 is 0 Å². The van der Waals surface area contributed by atoms with Gasteiger partial charge in [-0.1, -0.05) is 6.07 Å². The summed E-state index contributed by atoms with van der Waals surface area (Å²) in [5.74, 6) is 1.99. The minimum atomic E-state index is -0.144. The lowest BCUT2D eigenvalue weighted by Gasteiger charge is -2.25. The van der Waals surface area contributed by atoms with Crippen LogP contribution in [-0.2, 0) is 0 Å². The third-order valence-electron chi connectivity index (χ3n) is 4.32. The van der Waals surface area contributed by atoms with Crippen molar-refractivity contribution in [3.63, 3.8) is 0 Å². The number of carbonyl (C=O) groups excluding carboxylic acids is 1. The summed E-state index contributed by atoms with van der Waals surface area (Å²) < 4.78 is 10.8. The van der Waals surface area contributed by atoms with Gasteiger partial charge in [0.25, 0.3) is 5.91 Å². The molecule has 0 aliphatic carbocycles. The number of pyridine rings is 1. The zero-order valence-electron chi connectivity index (χ0n) is 15.5. The molecule has 1 N–H and O–H groups in total. The average molecular weight is 356 g/mol. The van der Waals surface area contributed by atoms with Gasteiger partial charge >= 0.3 is 0 Å². The third-order valence-corrected chi connectivity index (χ3v) is 4.32. The van der Waals surface area contributed by atoms with Crippen LogP contribution in [0, 0.1) is 0 Å². The summed E-state index contributed by atoms with van der Waals surface area (Å²) in [5, 5.41) is 3.02. The molecule has 7 nitrogen and oxygen atoms in total. The highest BCUT2D eigenvalue weighted by Crippen LogP contribution is 2.35. The predicted molar refractivity (Wildman–Crippen MR) is 99.9 cm³/mol. The molecule has 1 aliphatic rings. The number of hydrogen-bond donors (Lipinski definition) is 1. The number of benzene rings is 1. The highest BCUT2D eigenvalue weighted by Gasteiger charge is 2.21. The van der Waals surface area contributed by atoms with Gasteiger partial charge in [-0.2, -0.15) is 0 Å². The van der Waals surface area contributed by atoms with Crippen molar-refractivity contribution in [1.82, 2.24) is 15.2 Å². The molecule has 0 fully saturated rings. The SMILES string of the molecule is CN(C)c1ncccc1C(=O)NCC(c1ccc2c(c1)OCO2)N(C)C. The van der Waals surface area contributed by atoms with E-state index < -0.39 is 0 Å². The summed E-state index contributed by atoms with van der Waals surface area (Å²) in [5.41, 5.74) is 1.61. The van der Waals surface area contributed by atoms with E-state index in [4.69, 9.17) is 9.47 Å². The summed E-state index contributed by atoms with van der Waals surface area (Å²) in [6.07, 6.45) is 1.68. The molecule has 26 heavy (non-hydrogen) atoms. The molecule has 1 unspecified atom stereocenters. The van der Waals surface area contributed by atoms with E-state index in [-0.39, 0.29) is 18.7 Å². The number of aromatic nitrogens is 1. The molecule has 2 heterocycles. The molecule has 0 saturated heterocycles. The van der Waals surface area contributed by atoms with Crippen LogP contribution in [-0.4, -0.2) is 57.3 Å². The van der Waals surface area contributed by atoms with Crippen molar-refractivity contribution in [1.29, 1.82) is 0 Å². The molecule has 0 spiro atoms. The monoisotopic (exact) mass is 356 g/mol. The van der Waals surface area contributed by atoms with Gasteiger partial charge in [0.2, 0.25) is 6.79 Å². The second-order valence-corrected chi connectivity index (χ2v) is 6.57. The van der Waals surface area contributed by atoms with Crippen molar-refractivity contribution in [3.8, 4) is 11.5 Å². The van der Waals surface area contributed by atoms with Crippen LogP contribution in [0.4, 0.5) is 5.82 Å². The molecule has 1 aromatic carbocycles. The molecule has 0 radical (unpaired) electrons. The van der Waals surface area contributed by atoms with Gasteiger partial charge in [-0.05, 0) is 43.9 Å². The molecular weight excluding hydrogens is 332 g/mol. The Bertz CT molecular complexity index is 792. The lowest BCUT2D eigenvalue weighted by Crippen LogP contribution is -2.35. The van der Waals surface area contributed by atoms with E-state index in [1.54, 1.807) is 18.3 Å². The van der Waals surface area contributed by atoms with Crippen LogP contribution >= 0.6 is 0 Å². The van der Waals surface area contributed by atoms with Crippen molar-refractivity contribution in [2.24, 2.45) is 0 Å². The predicted octanol–water partition coefficient (Wildman–Crippen LogP) is 1.91. The van der Waals surface area contributed by atoms with Gasteiger partial charge in [-0.15, -0.1) is 0 Å². The Morgan fingerprint density at radius 2 is 1.96 bits per heavy atom. The van der Waals surface area contributed by atoms with Crippen LogP contribution in [0.15, 0.2) is 36.5 Å². The zero-order chi connectivity index (χ0) is 18.7. The zero-order valence-corrected chi connectivity index (χ0v) is 15.5. The Morgan fingerprint density at radius 3 is 2.69 bits per heavy atom. The van der Waals surface area contributed by atoms with Gasteiger partial charge in [-0.3, -0.25) is 4.79 Å². The van der Waals surface area contributed by atoms with Gasteiger partial charge in [0, 0.05) is 26.8 Å². The van der Waals surface area contributed by atoms with E-state index in [1.165, 1.54) is 0 Å². The largest absolute Gasteiger partial charge is 0.454 e. The van der Waals surface area contributed by atoms with E-state index in [1.807, 2.05) is 51.3 Å². The third kappa shape index (κ3) is 3.72. The standard InChI is InChI=1S/C19H24N4O3/c1-22(2)15(13-7-8-16-17(10-13)26-12-25-16)11-21-19(24)14-6-5-9-20-18(14)23(3)4/h5-10,15H,11-12H2,1-4H3,(H,21,24). The number of likely N-dealkylation sites (N-methyl/N-ethyl adjacent to an activating group) is 1. The second-order valence-electron chi connectivity index (χ2n) is 6.57. The molecule has 1 amide bonds. The van der Waals surface area contributed by atoms with Crippen molar-refractivity contribution >= 4 is 11.7 Å². The topological polar surface area (TPSA) is 66.9 Å². The maximum Gasteiger partial charge on any atom is 0.255 e. The summed E-state index contributed by atoms with van der Waals surface area (Å²) in [6, 6.07) is 9.43. The number of fused-ring (bicyclic) bond motifs is 1. The number of hydrogen-bond acceptors (Lipinski definition) is 6. The summed E-state index contributed by atoms with van der Waals surface area (Å²) >= 11 is 0.